The summed E-state index contributed by atoms with van der Waals surface area (Å²) in [5.41, 5.74) is 1.02. The summed E-state index contributed by atoms with van der Waals surface area (Å²) in [5.74, 6) is 0.408. The Morgan fingerprint density at radius 1 is 1.22 bits per heavy atom. The Labute approximate surface area is 159 Å². The van der Waals surface area contributed by atoms with E-state index in [1.54, 1.807) is 21.6 Å². The van der Waals surface area contributed by atoms with Gasteiger partial charge in [0.2, 0.25) is 0 Å². The number of ether oxygens (including phenoxy) is 1. The van der Waals surface area contributed by atoms with Gasteiger partial charge in [0.15, 0.2) is 5.82 Å². The van der Waals surface area contributed by atoms with E-state index in [-0.39, 0.29) is 18.1 Å². The number of aryl methyl sites for hydroxylation is 2. The number of carbonyl (C=O) groups is 1. The second-order valence-electron chi connectivity index (χ2n) is 7.52. The van der Waals surface area contributed by atoms with Crippen LogP contribution in [0.2, 0.25) is 0 Å². The SMILES string of the molecule is Cn1cc([C@H]2[C@H](CN3CCCCC3)OCCN2C(=O)c2nccn2C)cn1. The molecule has 0 unspecified atom stereocenters. The van der Waals surface area contributed by atoms with Crippen molar-refractivity contribution in [1.29, 1.82) is 0 Å². The molecule has 4 heterocycles. The first kappa shape index (κ1) is 18.2. The summed E-state index contributed by atoms with van der Waals surface area (Å²) in [5, 5.41) is 4.34. The van der Waals surface area contributed by atoms with Gasteiger partial charge in [-0.2, -0.15) is 5.10 Å². The van der Waals surface area contributed by atoms with Gasteiger partial charge in [-0.25, -0.2) is 4.98 Å². The molecular formula is C19H28N6O2. The number of carbonyl (C=O) groups excluding carboxylic acids is 1. The predicted molar refractivity (Wildman–Crippen MR) is 100 cm³/mol. The molecule has 2 aliphatic rings. The molecule has 4 rings (SSSR count). The third-order valence-corrected chi connectivity index (χ3v) is 5.58. The standard InChI is InChI=1S/C19H28N6O2/c1-22-9-6-20-18(22)19(26)25-10-11-27-16(14-24-7-4-3-5-8-24)17(25)15-12-21-23(2)13-15/h6,9,12-13,16-17H,3-5,7-8,10-11,14H2,1-2H3/t16-,17-/m0/s1. The van der Waals surface area contributed by atoms with Crippen molar-refractivity contribution >= 4 is 5.91 Å². The van der Waals surface area contributed by atoms with E-state index >= 15 is 0 Å². The van der Waals surface area contributed by atoms with Gasteiger partial charge in [-0.05, 0) is 25.9 Å². The topological polar surface area (TPSA) is 68.4 Å². The zero-order valence-corrected chi connectivity index (χ0v) is 16.1. The van der Waals surface area contributed by atoms with Gasteiger partial charge in [0.05, 0.1) is 24.9 Å². The van der Waals surface area contributed by atoms with Crippen LogP contribution >= 0.6 is 0 Å². The number of piperidine rings is 1. The van der Waals surface area contributed by atoms with Gasteiger partial charge < -0.3 is 19.1 Å². The van der Waals surface area contributed by atoms with Crippen LogP contribution in [0.1, 0.15) is 41.5 Å². The van der Waals surface area contributed by atoms with Crippen LogP contribution in [0.25, 0.3) is 0 Å². The molecule has 0 bridgehead atoms. The molecule has 2 atom stereocenters. The number of hydrogen-bond donors (Lipinski definition) is 0. The summed E-state index contributed by atoms with van der Waals surface area (Å²) in [6.07, 6.45) is 11.0. The average molecular weight is 372 g/mol. The lowest BCUT2D eigenvalue weighted by atomic mass is 9.99. The lowest BCUT2D eigenvalue weighted by molar-refractivity contribution is -0.0745. The smallest absolute Gasteiger partial charge is 0.290 e. The van der Waals surface area contributed by atoms with Gasteiger partial charge in [-0.1, -0.05) is 6.42 Å². The number of imidazole rings is 1. The maximum absolute atomic E-state index is 13.3. The van der Waals surface area contributed by atoms with E-state index in [0.29, 0.717) is 19.0 Å². The van der Waals surface area contributed by atoms with E-state index in [9.17, 15) is 4.79 Å². The first-order chi connectivity index (χ1) is 13.1. The van der Waals surface area contributed by atoms with Crippen LogP contribution in [0.15, 0.2) is 24.8 Å². The molecule has 0 spiro atoms. The van der Waals surface area contributed by atoms with Gasteiger partial charge in [0, 0.05) is 51.3 Å². The highest BCUT2D eigenvalue weighted by Gasteiger charge is 2.39. The maximum Gasteiger partial charge on any atom is 0.290 e. The number of hydrogen-bond acceptors (Lipinski definition) is 5. The Morgan fingerprint density at radius 2 is 2.04 bits per heavy atom. The number of rotatable bonds is 4. The highest BCUT2D eigenvalue weighted by molar-refractivity contribution is 5.91. The number of amides is 1. The van der Waals surface area contributed by atoms with E-state index in [4.69, 9.17) is 4.74 Å². The van der Waals surface area contributed by atoms with Gasteiger partial charge in [-0.3, -0.25) is 9.48 Å². The van der Waals surface area contributed by atoms with E-state index < -0.39 is 0 Å². The highest BCUT2D eigenvalue weighted by Crippen LogP contribution is 2.31. The Balaban J connectivity index is 1.62. The van der Waals surface area contributed by atoms with Gasteiger partial charge >= 0.3 is 0 Å². The van der Waals surface area contributed by atoms with Crippen molar-refractivity contribution in [1.82, 2.24) is 29.1 Å². The van der Waals surface area contributed by atoms with E-state index in [0.717, 1.165) is 25.2 Å². The monoisotopic (exact) mass is 372 g/mol. The fourth-order valence-electron chi connectivity index (χ4n) is 4.20. The second kappa shape index (κ2) is 7.82. The first-order valence-corrected chi connectivity index (χ1v) is 9.74. The lowest BCUT2D eigenvalue weighted by Crippen LogP contribution is -2.52. The van der Waals surface area contributed by atoms with Gasteiger partial charge in [0.25, 0.3) is 5.91 Å². The molecule has 146 valence electrons. The van der Waals surface area contributed by atoms with Crippen molar-refractivity contribution in [3.05, 3.63) is 36.2 Å². The third kappa shape index (κ3) is 3.77. The molecular weight excluding hydrogens is 344 g/mol. The zero-order chi connectivity index (χ0) is 18.8. The largest absolute Gasteiger partial charge is 0.373 e. The molecule has 2 aromatic heterocycles. The minimum Gasteiger partial charge on any atom is -0.373 e. The molecule has 0 N–H and O–H groups in total. The Kier molecular flexibility index (Phi) is 5.27. The van der Waals surface area contributed by atoms with Crippen LogP contribution in [0.3, 0.4) is 0 Å². The number of nitrogens with zero attached hydrogens (tertiary/aromatic N) is 6. The van der Waals surface area contributed by atoms with Crippen LogP contribution in [0.4, 0.5) is 0 Å². The molecule has 8 heteroatoms. The van der Waals surface area contributed by atoms with Crippen molar-refractivity contribution in [2.24, 2.45) is 14.1 Å². The van der Waals surface area contributed by atoms with Crippen LogP contribution in [0, 0.1) is 0 Å². The number of morpholine rings is 1. The van der Waals surface area contributed by atoms with Crippen LogP contribution in [-0.4, -0.2) is 73.9 Å². The normalized spacial score (nSPS) is 24.3. The number of aromatic nitrogens is 4. The average Bonchev–Trinajstić information content (AvgIpc) is 3.30. The number of likely N-dealkylation sites (tertiary alicyclic amines) is 1. The molecule has 2 aliphatic heterocycles. The van der Waals surface area contributed by atoms with Crippen molar-refractivity contribution < 1.29 is 9.53 Å². The van der Waals surface area contributed by atoms with Crippen molar-refractivity contribution in [2.45, 2.75) is 31.4 Å². The third-order valence-electron chi connectivity index (χ3n) is 5.58. The first-order valence-electron chi connectivity index (χ1n) is 9.74. The Bertz CT molecular complexity index is 779. The highest BCUT2D eigenvalue weighted by atomic mass is 16.5. The molecule has 2 saturated heterocycles. The lowest BCUT2D eigenvalue weighted by Gasteiger charge is -2.43. The molecule has 27 heavy (non-hydrogen) atoms. The van der Waals surface area contributed by atoms with Crippen molar-refractivity contribution in [3.63, 3.8) is 0 Å². The van der Waals surface area contributed by atoms with Gasteiger partial charge in [-0.15, -0.1) is 0 Å². The molecule has 0 aromatic carbocycles. The summed E-state index contributed by atoms with van der Waals surface area (Å²) in [6, 6.07) is -0.154. The summed E-state index contributed by atoms with van der Waals surface area (Å²) >= 11 is 0. The Morgan fingerprint density at radius 3 is 2.70 bits per heavy atom. The maximum atomic E-state index is 13.3. The van der Waals surface area contributed by atoms with Gasteiger partial charge in [0.1, 0.15) is 0 Å². The molecule has 2 aromatic rings. The summed E-state index contributed by atoms with van der Waals surface area (Å²) in [6.45, 7) is 4.15. The summed E-state index contributed by atoms with van der Waals surface area (Å²) in [4.78, 5) is 21.9. The molecule has 2 fully saturated rings. The minimum absolute atomic E-state index is 0.0525. The molecule has 8 nitrogen and oxygen atoms in total. The molecule has 1 amide bonds. The quantitative estimate of drug-likeness (QED) is 0.807. The Hall–Kier alpha value is -2.19. The predicted octanol–water partition coefficient (Wildman–Crippen LogP) is 1.22. The molecule has 0 saturated carbocycles. The van der Waals surface area contributed by atoms with Crippen molar-refractivity contribution in [2.75, 3.05) is 32.8 Å². The molecule has 0 radical (unpaired) electrons. The fourth-order valence-corrected chi connectivity index (χ4v) is 4.20. The van der Waals surface area contributed by atoms with Crippen LogP contribution in [-0.2, 0) is 18.8 Å². The minimum atomic E-state index is -0.154. The van der Waals surface area contributed by atoms with Crippen LogP contribution in [0.5, 0.6) is 0 Å². The second-order valence-corrected chi connectivity index (χ2v) is 7.52. The summed E-state index contributed by atoms with van der Waals surface area (Å²) in [7, 11) is 3.75. The van der Waals surface area contributed by atoms with Crippen LogP contribution < -0.4 is 0 Å². The molecule has 0 aliphatic carbocycles. The van der Waals surface area contributed by atoms with E-state index in [1.165, 1.54) is 19.3 Å². The fraction of sp³-hybridized carbons (Fsp3) is 0.632. The van der Waals surface area contributed by atoms with Crippen molar-refractivity contribution in [3.8, 4) is 0 Å². The van der Waals surface area contributed by atoms with E-state index in [2.05, 4.69) is 15.0 Å². The summed E-state index contributed by atoms with van der Waals surface area (Å²) < 4.78 is 9.74. The van der Waals surface area contributed by atoms with E-state index in [1.807, 2.05) is 31.4 Å². The zero-order valence-electron chi connectivity index (χ0n) is 16.1.